The zero-order valence-corrected chi connectivity index (χ0v) is 9.86. The molecule has 0 amide bonds. The fraction of sp³-hybridized carbons (Fsp3) is 0.538. The first-order valence-corrected chi connectivity index (χ1v) is 5.76. The Morgan fingerprint density at radius 3 is 2.81 bits per heavy atom. The van der Waals surface area contributed by atoms with Crippen molar-refractivity contribution in [1.29, 1.82) is 0 Å². The number of benzene rings is 1. The van der Waals surface area contributed by atoms with Crippen molar-refractivity contribution in [1.82, 2.24) is 5.32 Å². The second kappa shape index (κ2) is 4.85. The summed E-state index contributed by atoms with van der Waals surface area (Å²) >= 11 is 0. The first kappa shape index (κ1) is 11.4. The Kier molecular flexibility index (Phi) is 3.46. The summed E-state index contributed by atoms with van der Waals surface area (Å²) in [5, 5.41) is 12.9. The molecule has 1 saturated carbocycles. The molecule has 3 heteroatoms. The molecule has 0 heterocycles. The van der Waals surface area contributed by atoms with Crippen LogP contribution in [0.5, 0.6) is 5.75 Å². The molecule has 0 spiro atoms. The first-order valence-electron chi connectivity index (χ1n) is 5.76. The molecule has 1 aliphatic carbocycles. The van der Waals surface area contributed by atoms with Crippen LogP contribution in [-0.2, 0) is 0 Å². The maximum absolute atomic E-state index is 9.45. The van der Waals surface area contributed by atoms with Gasteiger partial charge in [-0.05, 0) is 25.8 Å². The molecule has 2 N–H and O–H groups in total. The summed E-state index contributed by atoms with van der Waals surface area (Å²) in [7, 11) is 1.67. The van der Waals surface area contributed by atoms with Gasteiger partial charge in [-0.25, -0.2) is 0 Å². The van der Waals surface area contributed by atoms with Crippen LogP contribution in [0.15, 0.2) is 18.2 Å². The van der Waals surface area contributed by atoms with Gasteiger partial charge in [0.25, 0.3) is 0 Å². The average Bonchev–Trinajstić information content (AvgIpc) is 3.09. The largest absolute Gasteiger partial charge is 0.496 e. The highest BCUT2D eigenvalue weighted by Gasteiger charge is 2.26. The molecule has 3 nitrogen and oxygen atoms in total. The number of ether oxygens (including phenoxy) is 1. The molecule has 1 unspecified atom stereocenters. The lowest BCUT2D eigenvalue weighted by atomic mass is 10.0. The zero-order valence-electron chi connectivity index (χ0n) is 9.86. The molecule has 88 valence electrons. The van der Waals surface area contributed by atoms with E-state index in [4.69, 9.17) is 4.74 Å². The molecule has 0 bridgehead atoms. The molecular formula is C13H19NO2. The Morgan fingerprint density at radius 1 is 1.50 bits per heavy atom. The van der Waals surface area contributed by atoms with Crippen molar-refractivity contribution in [3.63, 3.8) is 0 Å². The Bertz CT molecular complexity index is 361. The van der Waals surface area contributed by atoms with E-state index in [0.29, 0.717) is 6.04 Å². The summed E-state index contributed by atoms with van der Waals surface area (Å²) in [5.41, 5.74) is 2.24. The van der Waals surface area contributed by atoms with E-state index in [9.17, 15) is 5.11 Å². The molecule has 0 saturated heterocycles. The quantitative estimate of drug-likeness (QED) is 0.796. The van der Waals surface area contributed by atoms with Crippen molar-refractivity contribution in [2.75, 3.05) is 13.7 Å². The van der Waals surface area contributed by atoms with Crippen LogP contribution in [0.4, 0.5) is 0 Å². The number of hydrogen-bond acceptors (Lipinski definition) is 3. The summed E-state index contributed by atoms with van der Waals surface area (Å²) in [4.78, 5) is 0. The molecule has 1 aromatic rings. The minimum Gasteiger partial charge on any atom is -0.496 e. The van der Waals surface area contributed by atoms with E-state index in [2.05, 4.69) is 18.3 Å². The molecule has 1 aromatic carbocycles. The smallest absolute Gasteiger partial charge is 0.123 e. The fourth-order valence-electron chi connectivity index (χ4n) is 1.90. The van der Waals surface area contributed by atoms with Gasteiger partial charge in [-0.2, -0.15) is 0 Å². The molecule has 16 heavy (non-hydrogen) atoms. The molecule has 1 aliphatic rings. The summed E-state index contributed by atoms with van der Waals surface area (Å²) in [5.74, 6) is 0.845. The van der Waals surface area contributed by atoms with E-state index in [-0.39, 0.29) is 12.6 Å². The number of hydrogen-bond donors (Lipinski definition) is 2. The van der Waals surface area contributed by atoms with Crippen LogP contribution >= 0.6 is 0 Å². The van der Waals surface area contributed by atoms with Crippen LogP contribution in [0, 0.1) is 6.92 Å². The number of aliphatic hydroxyl groups excluding tert-OH is 1. The minimum atomic E-state index is -0.0117. The van der Waals surface area contributed by atoms with Crippen LogP contribution in [0.3, 0.4) is 0 Å². The predicted octanol–water partition coefficient (Wildman–Crippen LogP) is 1.79. The van der Waals surface area contributed by atoms with Gasteiger partial charge >= 0.3 is 0 Å². The lowest BCUT2D eigenvalue weighted by Crippen LogP contribution is -2.26. The summed E-state index contributed by atoms with van der Waals surface area (Å²) in [6.45, 7) is 2.16. The summed E-state index contributed by atoms with van der Waals surface area (Å²) < 4.78 is 5.33. The van der Waals surface area contributed by atoms with Gasteiger partial charge in [-0.3, -0.25) is 0 Å². The van der Waals surface area contributed by atoms with E-state index in [0.717, 1.165) is 11.3 Å². The van der Waals surface area contributed by atoms with Gasteiger partial charge in [-0.1, -0.05) is 17.7 Å². The molecular weight excluding hydrogens is 202 g/mol. The van der Waals surface area contributed by atoms with Crippen molar-refractivity contribution in [3.05, 3.63) is 29.3 Å². The molecule has 1 atom stereocenters. The van der Waals surface area contributed by atoms with Gasteiger partial charge in [-0.15, -0.1) is 0 Å². The van der Waals surface area contributed by atoms with Crippen LogP contribution < -0.4 is 10.1 Å². The Morgan fingerprint density at radius 2 is 2.25 bits per heavy atom. The van der Waals surface area contributed by atoms with Crippen LogP contribution in [0.2, 0.25) is 0 Å². The third-order valence-electron chi connectivity index (χ3n) is 2.96. The predicted molar refractivity (Wildman–Crippen MR) is 63.7 cm³/mol. The second-order valence-electron chi connectivity index (χ2n) is 4.42. The monoisotopic (exact) mass is 221 g/mol. The molecule has 0 radical (unpaired) electrons. The maximum Gasteiger partial charge on any atom is 0.123 e. The van der Waals surface area contributed by atoms with Gasteiger partial charge in [0.15, 0.2) is 0 Å². The number of methoxy groups -OCH3 is 1. The van der Waals surface area contributed by atoms with E-state index in [1.165, 1.54) is 18.4 Å². The standard InChI is InChI=1S/C13H19NO2/c1-9-3-6-13(16-2)11(7-9)12(8-15)14-10-4-5-10/h3,6-7,10,12,14-15H,4-5,8H2,1-2H3. The zero-order chi connectivity index (χ0) is 11.5. The van der Waals surface area contributed by atoms with Crippen LogP contribution in [-0.4, -0.2) is 24.9 Å². The third kappa shape index (κ3) is 2.54. The van der Waals surface area contributed by atoms with Gasteiger partial charge in [0.1, 0.15) is 5.75 Å². The fourth-order valence-corrected chi connectivity index (χ4v) is 1.90. The average molecular weight is 221 g/mol. The SMILES string of the molecule is COc1ccc(C)cc1C(CO)NC1CC1. The Hall–Kier alpha value is -1.06. The Balaban J connectivity index is 2.23. The summed E-state index contributed by atoms with van der Waals surface area (Å²) in [6, 6.07) is 6.62. The van der Waals surface area contributed by atoms with Crippen molar-refractivity contribution in [2.24, 2.45) is 0 Å². The minimum absolute atomic E-state index is 0.0117. The van der Waals surface area contributed by atoms with Crippen molar-refractivity contribution in [2.45, 2.75) is 31.8 Å². The highest BCUT2D eigenvalue weighted by molar-refractivity contribution is 5.39. The summed E-state index contributed by atoms with van der Waals surface area (Å²) in [6.07, 6.45) is 2.43. The van der Waals surface area contributed by atoms with Crippen LogP contribution in [0.25, 0.3) is 0 Å². The number of aliphatic hydroxyl groups is 1. The highest BCUT2D eigenvalue weighted by Crippen LogP contribution is 2.29. The van der Waals surface area contributed by atoms with Gasteiger partial charge in [0, 0.05) is 11.6 Å². The highest BCUT2D eigenvalue weighted by atomic mass is 16.5. The van der Waals surface area contributed by atoms with E-state index in [1.807, 2.05) is 12.1 Å². The lowest BCUT2D eigenvalue weighted by molar-refractivity contribution is 0.240. The number of aryl methyl sites for hydroxylation is 1. The van der Waals surface area contributed by atoms with Gasteiger partial charge < -0.3 is 15.2 Å². The van der Waals surface area contributed by atoms with Crippen LogP contribution in [0.1, 0.15) is 30.0 Å². The van der Waals surface area contributed by atoms with Crippen molar-refractivity contribution >= 4 is 0 Å². The molecule has 1 fully saturated rings. The number of rotatable bonds is 5. The topological polar surface area (TPSA) is 41.5 Å². The normalized spacial score (nSPS) is 17.2. The molecule has 0 aromatic heterocycles. The van der Waals surface area contributed by atoms with Gasteiger partial charge in [0.05, 0.1) is 19.8 Å². The molecule has 2 rings (SSSR count). The Labute approximate surface area is 96.4 Å². The van der Waals surface area contributed by atoms with E-state index < -0.39 is 0 Å². The van der Waals surface area contributed by atoms with E-state index >= 15 is 0 Å². The molecule has 0 aliphatic heterocycles. The van der Waals surface area contributed by atoms with Crippen molar-refractivity contribution < 1.29 is 9.84 Å². The van der Waals surface area contributed by atoms with Crippen molar-refractivity contribution in [3.8, 4) is 5.75 Å². The first-order chi connectivity index (χ1) is 7.74. The van der Waals surface area contributed by atoms with E-state index in [1.54, 1.807) is 7.11 Å². The third-order valence-corrected chi connectivity index (χ3v) is 2.96. The number of nitrogens with one attached hydrogen (secondary N) is 1. The maximum atomic E-state index is 9.45. The van der Waals surface area contributed by atoms with Gasteiger partial charge in [0.2, 0.25) is 0 Å². The second-order valence-corrected chi connectivity index (χ2v) is 4.42. The lowest BCUT2D eigenvalue weighted by Gasteiger charge is -2.19.